The predicted molar refractivity (Wildman–Crippen MR) is 76.6 cm³/mol. The molecular formula is C15H17N3O2. The van der Waals surface area contributed by atoms with Crippen LogP contribution in [0.5, 0.6) is 0 Å². The highest BCUT2D eigenvalue weighted by Crippen LogP contribution is 2.25. The molecule has 0 amide bonds. The van der Waals surface area contributed by atoms with Gasteiger partial charge in [-0.05, 0) is 18.4 Å². The van der Waals surface area contributed by atoms with Gasteiger partial charge in [0.2, 0.25) is 0 Å². The molecule has 0 saturated carbocycles. The maximum atomic E-state index is 10.9. The Labute approximate surface area is 117 Å². The van der Waals surface area contributed by atoms with E-state index in [4.69, 9.17) is 5.11 Å². The van der Waals surface area contributed by atoms with Crippen LogP contribution in [0.2, 0.25) is 0 Å². The summed E-state index contributed by atoms with van der Waals surface area (Å²) in [6.07, 6.45) is 1.37. The number of rotatable bonds is 3. The minimum absolute atomic E-state index is 0.209. The molecule has 1 aromatic heterocycles. The van der Waals surface area contributed by atoms with Crippen LogP contribution in [0.15, 0.2) is 36.4 Å². The summed E-state index contributed by atoms with van der Waals surface area (Å²) in [6, 6.07) is 12.1. The number of carboxylic acids is 1. The fourth-order valence-corrected chi connectivity index (χ4v) is 2.59. The third kappa shape index (κ3) is 2.52. The van der Waals surface area contributed by atoms with Gasteiger partial charge in [0.15, 0.2) is 5.82 Å². The molecule has 0 spiro atoms. The Kier molecular flexibility index (Phi) is 3.41. The van der Waals surface area contributed by atoms with E-state index < -0.39 is 5.97 Å². The van der Waals surface area contributed by atoms with E-state index in [1.165, 1.54) is 0 Å². The number of aromatic nitrogens is 2. The highest BCUT2D eigenvalue weighted by atomic mass is 16.4. The summed E-state index contributed by atoms with van der Waals surface area (Å²) in [5.41, 5.74) is 2.09. The van der Waals surface area contributed by atoms with Crippen LogP contribution in [0.4, 0.5) is 5.82 Å². The Morgan fingerprint density at radius 2 is 1.95 bits per heavy atom. The van der Waals surface area contributed by atoms with E-state index in [0.717, 1.165) is 30.2 Å². The number of anilines is 1. The number of H-pyrrole nitrogens is 1. The number of carbonyl (C=O) groups is 1. The van der Waals surface area contributed by atoms with E-state index in [1.807, 2.05) is 36.4 Å². The number of carboxylic acid groups (broad SMARTS) is 1. The molecule has 2 N–H and O–H groups in total. The monoisotopic (exact) mass is 271 g/mol. The second-order valence-electron chi connectivity index (χ2n) is 5.11. The maximum absolute atomic E-state index is 10.9. The second kappa shape index (κ2) is 5.36. The number of piperidine rings is 1. The largest absolute Gasteiger partial charge is 0.481 e. The Hall–Kier alpha value is -2.30. The summed E-state index contributed by atoms with van der Waals surface area (Å²) >= 11 is 0. The lowest BCUT2D eigenvalue weighted by molar-refractivity contribution is -0.142. The van der Waals surface area contributed by atoms with Crippen LogP contribution in [0, 0.1) is 5.92 Å². The molecule has 3 rings (SSSR count). The quantitative estimate of drug-likeness (QED) is 0.899. The van der Waals surface area contributed by atoms with Gasteiger partial charge in [0.25, 0.3) is 0 Å². The van der Waals surface area contributed by atoms with Crippen molar-refractivity contribution < 1.29 is 9.90 Å². The predicted octanol–water partition coefficient (Wildman–Crippen LogP) is 2.38. The van der Waals surface area contributed by atoms with Crippen molar-refractivity contribution in [3.05, 3.63) is 36.4 Å². The molecule has 1 saturated heterocycles. The zero-order chi connectivity index (χ0) is 13.9. The molecule has 20 heavy (non-hydrogen) atoms. The van der Waals surface area contributed by atoms with E-state index in [9.17, 15) is 4.79 Å². The lowest BCUT2D eigenvalue weighted by Crippen LogP contribution is -2.36. The van der Waals surface area contributed by atoms with Crippen LogP contribution in [-0.4, -0.2) is 34.4 Å². The summed E-state index contributed by atoms with van der Waals surface area (Å²) in [5.74, 6) is 0.00290. The Morgan fingerprint density at radius 1 is 1.25 bits per heavy atom. The molecule has 5 nitrogen and oxygen atoms in total. The van der Waals surface area contributed by atoms with Crippen molar-refractivity contribution in [3.8, 4) is 11.3 Å². The number of aromatic amines is 1. The highest BCUT2D eigenvalue weighted by molar-refractivity contribution is 5.70. The van der Waals surface area contributed by atoms with Crippen LogP contribution >= 0.6 is 0 Å². The third-order valence-electron chi connectivity index (χ3n) is 3.82. The van der Waals surface area contributed by atoms with Crippen LogP contribution in [-0.2, 0) is 4.79 Å². The molecule has 5 heteroatoms. The molecule has 1 fully saturated rings. The lowest BCUT2D eigenvalue weighted by Gasteiger charge is -2.29. The van der Waals surface area contributed by atoms with Gasteiger partial charge in [-0.25, -0.2) is 0 Å². The van der Waals surface area contributed by atoms with Crippen molar-refractivity contribution in [2.75, 3.05) is 18.0 Å². The molecule has 1 aliphatic rings. The van der Waals surface area contributed by atoms with E-state index in [0.29, 0.717) is 12.8 Å². The van der Waals surface area contributed by atoms with Crippen LogP contribution in [0.1, 0.15) is 12.8 Å². The van der Waals surface area contributed by atoms with Gasteiger partial charge in [-0.1, -0.05) is 30.3 Å². The Bertz CT molecular complexity index is 586. The van der Waals surface area contributed by atoms with E-state index >= 15 is 0 Å². The molecular weight excluding hydrogens is 254 g/mol. The minimum atomic E-state index is -0.684. The zero-order valence-electron chi connectivity index (χ0n) is 11.1. The van der Waals surface area contributed by atoms with Crippen molar-refractivity contribution in [2.45, 2.75) is 12.8 Å². The number of benzene rings is 1. The third-order valence-corrected chi connectivity index (χ3v) is 3.82. The first-order valence-electron chi connectivity index (χ1n) is 6.82. The fraction of sp³-hybridized carbons (Fsp3) is 0.333. The van der Waals surface area contributed by atoms with Crippen molar-refractivity contribution in [2.24, 2.45) is 5.92 Å². The van der Waals surface area contributed by atoms with E-state index in [-0.39, 0.29) is 5.92 Å². The highest BCUT2D eigenvalue weighted by Gasteiger charge is 2.25. The van der Waals surface area contributed by atoms with Gasteiger partial charge in [0.05, 0.1) is 11.6 Å². The van der Waals surface area contributed by atoms with Crippen LogP contribution in [0.3, 0.4) is 0 Å². The first-order valence-corrected chi connectivity index (χ1v) is 6.82. The molecule has 0 bridgehead atoms. The Balaban J connectivity index is 1.71. The summed E-state index contributed by atoms with van der Waals surface area (Å²) in [7, 11) is 0. The number of hydrogen-bond donors (Lipinski definition) is 2. The van der Waals surface area contributed by atoms with Crippen molar-refractivity contribution in [3.63, 3.8) is 0 Å². The minimum Gasteiger partial charge on any atom is -0.481 e. The smallest absolute Gasteiger partial charge is 0.306 e. The Morgan fingerprint density at radius 3 is 2.60 bits per heavy atom. The number of hydrogen-bond acceptors (Lipinski definition) is 3. The van der Waals surface area contributed by atoms with Gasteiger partial charge in [-0.3, -0.25) is 9.89 Å². The van der Waals surface area contributed by atoms with Gasteiger partial charge in [-0.2, -0.15) is 5.10 Å². The first kappa shape index (κ1) is 12.7. The number of nitrogens with zero attached hydrogens (tertiary/aromatic N) is 2. The molecule has 0 radical (unpaired) electrons. The normalized spacial score (nSPS) is 16.3. The fourth-order valence-electron chi connectivity index (χ4n) is 2.59. The maximum Gasteiger partial charge on any atom is 0.306 e. The SMILES string of the molecule is O=C(O)C1CCN(c2cc(-c3ccccc3)[nH]n2)CC1. The molecule has 0 atom stereocenters. The second-order valence-corrected chi connectivity index (χ2v) is 5.11. The molecule has 1 aromatic carbocycles. The van der Waals surface area contributed by atoms with Gasteiger partial charge < -0.3 is 10.0 Å². The lowest BCUT2D eigenvalue weighted by atomic mass is 9.97. The van der Waals surface area contributed by atoms with Crippen LogP contribution in [0.25, 0.3) is 11.3 Å². The average molecular weight is 271 g/mol. The van der Waals surface area contributed by atoms with Crippen molar-refractivity contribution in [1.82, 2.24) is 10.2 Å². The van der Waals surface area contributed by atoms with Gasteiger partial charge in [0, 0.05) is 19.2 Å². The number of aliphatic carboxylic acids is 1. The summed E-state index contributed by atoms with van der Waals surface area (Å²) in [4.78, 5) is 13.1. The number of nitrogens with one attached hydrogen (secondary N) is 1. The van der Waals surface area contributed by atoms with Gasteiger partial charge in [-0.15, -0.1) is 0 Å². The van der Waals surface area contributed by atoms with E-state index in [2.05, 4.69) is 15.1 Å². The van der Waals surface area contributed by atoms with Gasteiger partial charge >= 0.3 is 5.97 Å². The van der Waals surface area contributed by atoms with Crippen molar-refractivity contribution in [1.29, 1.82) is 0 Å². The summed E-state index contributed by atoms with van der Waals surface area (Å²) in [5, 5.41) is 16.4. The van der Waals surface area contributed by atoms with Gasteiger partial charge in [0.1, 0.15) is 0 Å². The standard InChI is InChI=1S/C15H17N3O2/c19-15(20)12-6-8-18(9-7-12)14-10-13(16-17-14)11-4-2-1-3-5-11/h1-5,10,12H,6-9H2,(H,16,17)(H,19,20). The van der Waals surface area contributed by atoms with Crippen molar-refractivity contribution >= 4 is 11.8 Å². The summed E-state index contributed by atoms with van der Waals surface area (Å²) < 4.78 is 0. The van der Waals surface area contributed by atoms with Crippen LogP contribution < -0.4 is 4.90 Å². The average Bonchev–Trinajstić information content (AvgIpc) is 2.98. The molecule has 0 aliphatic carbocycles. The molecule has 0 unspecified atom stereocenters. The topological polar surface area (TPSA) is 69.2 Å². The molecule has 1 aliphatic heterocycles. The zero-order valence-corrected chi connectivity index (χ0v) is 11.1. The molecule has 104 valence electrons. The summed E-state index contributed by atoms with van der Waals surface area (Å²) in [6.45, 7) is 1.49. The van der Waals surface area contributed by atoms with E-state index in [1.54, 1.807) is 0 Å². The molecule has 2 heterocycles. The first-order chi connectivity index (χ1) is 9.74. The molecule has 2 aromatic rings.